The topological polar surface area (TPSA) is 8.17 Å². The van der Waals surface area contributed by atoms with E-state index in [1.807, 2.05) is 0 Å². The van der Waals surface area contributed by atoms with Crippen molar-refractivity contribution in [2.24, 2.45) is 5.92 Å². The van der Waals surface area contributed by atoms with E-state index in [4.69, 9.17) is 0 Å². The molecule has 0 radical (unpaired) electrons. The Balaban J connectivity index is 0.950. The average Bonchev–Trinajstić information content (AvgIpc) is 3.66. The summed E-state index contributed by atoms with van der Waals surface area (Å²) in [6, 6.07) is 79.6. The molecular weight excluding hydrogens is 737 g/mol. The molecule has 1 atom stereocenters. The Labute approximate surface area is 358 Å². The van der Waals surface area contributed by atoms with Crippen molar-refractivity contribution in [3.05, 3.63) is 236 Å². The molecule has 1 aromatic heterocycles. The van der Waals surface area contributed by atoms with Crippen molar-refractivity contribution in [2.75, 3.05) is 4.90 Å². The highest BCUT2D eigenvalue weighted by Crippen LogP contribution is 2.40. The Morgan fingerprint density at radius 1 is 0.410 bits per heavy atom. The van der Waals surface area contributed by atoms with Crippen molar-refractivity contribution in [3.8, 4) is 50.2 Å². The Kier molecular flexibility index (Phi) is 9.24. The largest absolute Gasteiger partial charge is 0.311 e. The van der Waals surface area contributed by atoms with Crippen molar-refractivity contribution in [2.45, 2.75) is 13.3 Å². The molecule has 1 aliphatic carbocycles. The van der Waals surface area contributed by atoms with E-state index in [-0.39, 0.29) is 0 Å². The quantitative estimate of drug-likeness (QED) is 0.149. The van der Waals surface area contributed by atoms with Crippen LogP contribution in [0.1, 0.15) is 18.1 Å². The normalized spacial score (nSPS) is 13.4. The molecule has 1 unspecified atom stereocenters. The maximum absolute atomic E-state index is 2.39. The zero-order chi connectivity index (χ0) is 40.7. The summed E-state index contributed by atoms with van der Waals surface area (Å²) in [5.41, 5.74) is 19.5. The van der Waals surface area contributed by atoms with E-state index in [1.165, 1.54) is 77.4 Å². The van der Waals surface area contributed by atoms with Gasteiger partial charge >= 0.3 is 0 Å². The lowest BCUT2D eigenvalue weighted by atomic mass is 9.85. The Bertz CT molecular complexity index is 3180. The SMILES string of the molecule is CC1C=Cc2cccc(-c3ccc(N(c4ccc(-c5ccccc5)cc4)c4ccc(-c5ccc6c(c5)c5ccccc5n6-c5ccc(-c6ccccc6)cc5)cc4)cc3)c2C1. The van der Waals surface area contributed by atoms with Gasteiger partial charge in [-0.1, -0.05) is 171 Å². The summed E-state index contributed by atoms with van der Waals surface area (Å²) in [5.74, 6) is 0.538. The van der Waals surface area contributed by atoms with Crippen LogP contribution in [0.15, 0.2) is 224 Å². The third kappa shape index (κ3) is 6.83. The second kappa shape index (κ2) is 15.5. The van der Waals surface area contributed by atoms with Crippen LogP contribution in [-0.4, -0.2) is 4.57 Å². The molecule has 11 rings (SSSR count). The number of hydrogen-bond donors (Lipinski definition) is 0. The number of nitrogens with zero attached hydrogens (tertiary/aromatic N) is 2. The van der Waals surface area contributed by atoms with Gasteiger partial charge < -0.3 is 9.47 Å². The molecule has 10 aromatic rings. The van der Waals surface area contributed by atoms with Gasteiger partial charge in [0.1, 0.15) is 0 Å². The highest BCUT2D eigenvalue weighted by atomic mass is 15.1. The zero-order valence-corrected chi connectivity index (χ0v) is 34.1. The van der Waals surface area contributed by atoms with Crippen LogP contribution in [0.4, 0.5) is 17.1 Å². The predicted octanol–water partition coefficient (Wildman–Crippen LogP) is 16.1. The van der Waals surface area contributed by atoms with Gasteiger partial charge in [0, 0.05) is 33.5 Å². The van der Waals surface area contributed by atoms with Gasteiger partial charge in [-0.05, 0) is 135 Å². The fraction of sp³-hybridized carbons (Fsp3) is 0.0508. The lowest BCUT2D eigenvalue weighted by molar-refractivity contribution is 0.718. The lowest BCUT2D eigenvalue weighted by Crippen LogP contribution is -2.10. The first kappa shape index (κ1) is 36.4. The van der Waals surface area contributed by atoms with Crippen molar-refractivity contribution < 1.29 is 0 Å². The van der Waals surface area contributed by atoms with E-state index < -0.39 is 0 Å². The van der Waals surface area contributed by atoms with Crippen LogP contribution in [0.2, 0.25) is 0 Å². The Morgan fingerprint density at radius 3 is 1.52 bits per heavy atom. The van der Waals surface area contributed by atoms with Gasteiger partial charge in [0.2, 0.25) is 0 Å². The number of anilines is 3. The number of allylic oxidation sites excluding steroid dienone is 1. The van der Waals surface area contributed by atoms with Crippen LogP contribution in [-0.2, 0) is 6.42 Å². The summed E-state index contributed by atoms with van der Waals surface area (Å²) < 4.78 is 2.39. The summed E-state index contributed by atoms with van der Waals surface area (Å²) in [6.07, 6.45) is 5.67. The maximum atomic E-state index is 2.39. The maximum Gasteiger partial charge on any atom is 0.0541 e. The van der Waals surface area contributed by atoms with E-state index in [2.05, 4.69) is 247 Å². The van der Waals surface area contributed by atoms with Gasteiger partial charge in [-0.15, -0.1) is 0 Å². The summed E-state index contributed by atoms with van der Waals surface area (Å²) in [5, 5.41) is 2.49. The summed E-state index contributed by atoms with van der Waals surface area (Å²) in [6.45, 7) is 2.30. The smallest absolute Gasteiger partial charge is 0.0541 e. The molecule has 0 fully saturated rings. The van der Waals surface area contributed by atoms with Crippen LogP contribution in [0.5, 0.6) is 0 Å². The molecule has 0 saturated carbocycles. The summed E-state index contributed by atoms with van der Waals surface area (Å²) >= 11 is 0. The van der Waals surface area contributed by atoms with Crippen molar-refractivity contribution >= 4 is 44.9 Å². The van der Waals surface area contributed by atoms with E-state index >= 15 is 0 Å². The lowest BCUT2D eigenvalue weighted by Gasteiger charge is -2.26. The molecule has 1 heterocycles. The molecule has 0 amide bonds. The van der Waals surface area contributed by atoms with Gasteiger partial charge in [0.15, 0.2) is 0 Å². The van der Waals surface area contributed by atoms with Gasteiger partial charge in [-0.2, -0.15) is 0 Å². The van der Waals surface area contributed by atoms with Gasteiger partial charge in [-0.25, -0.2) is 0 Å². The molecule has 61 heavy (non-hydrogen) atoms. The number of hydrogen-bond acceptors (Lipinski definition) is 1. The average molecular weight is 781 g/mol. The number of fused-ring (bicyclic) bond motifs is 4. The Hall–Kier alpha value is -7.68. The molecule has 0 N–H and O–H groups in total. The molecule has 2 heteroatoms. The number of benzene rings is 9. The van der Waals surface area contributed by atoms with Crippen molar-refractivity contribution in [1.82, 2.24) is 4.57 Å². The summed E-state index contributed by atoms with van der Waals surface area (Å²) in [7, 11) is 0. The minimum Gasteiger partial charge on any atom is -0.311 e. The third-order valence-electron chi connectivity index (χ3n) is 12.4. The first-order chi connectivity index (χ1) is 30.1. The standard InChI is InChI=1S/C59H44N2/c1-41-19-20-47-15-10-17-54(56(47)39-41)48-27-36-52(37-28-48)60(50-30-21-44(22-31-50)42-11-4-2-5-12-42)51-32-25-46(26-33-51)49-29-38-59-57(40-49)55-16-8-9-18-58(55)61(59)53-34-23-45(24-35-53)43-13-6-3-7-14-43/h2-38,40-41H,39H2,1H3. The number of rotatable bonds is 8. The zero-order valence-electron chi connectivity index (χ0n) is 34.1. The van der Waals surface area contributed by atoms with Gasteiger partial charge in [0.25, 0.3) is 0 Å². The molecule has 1 aliphatic rings. The first-order valence-corrected chi connectivity index (χ1v) is 21.3. The molecule has 9 aromatic carbocycles. The summed E-state index contributed by atoms with van der Waals surface area (Å²) in [4.78, 5) is 2.37. The molecular formula is C59H44N2. The minimum atomic E-state index is 0.538. The van der Waals surface area contributed by atoms with Gasteiger partial charge in [-0.3, -0.25) is 0 Å². The van der Waals surface area contributed by atoms with E-state index in [9.17, 15) is 0 Å². The minimum absolute atomic E-state index is 0.538. The predicted molar refractivity (Wildman–Crippen MR) is 259 cm³/mol. The fourth-order valence-electron chi connectivity index (χ4n) is 9.26. The van der Waals surface area contributed by atoms with Gasteiger partial charge in [0.05, 0.1) is 11.0 Å². The van der Waals surface area contributed by atoms with Crippen LogP contribution in [0.25, 0.3) is 78.1 Å². The second-order valence-corrected chi connectivity index (χ2v) is 16.3. The van der Waals surface area contributed by atoms with E-state index in [0.29, 0.717) is 5.92 Å². The molecule has 0 bridgehead atoms. The second-order valence-electron chi connectivity index (χ2n) is 16.3. The molecule has 290 valence electrons. The monoisotopic (exact) mass is 780 g/mol. The molecule has 0 saturated heterocycles. The highest BCUT2D eigenvalue weighted by Gasteiger charge is 2.18. The Morgan fingerprint density at radius 2 is 0.902 bits per heavy atom. The first-order valence-electron chi connectivity index (χ1n) is 21.3. The van der Waals surface area contributed by atoms with Crippen LogP contribution in [0.3, 0.4) is 0 Å². The molecule has 2 nitrogen and oxygen atoms in total. The van der Waals surface area contributed by atoms with Crippen molar-refractivity contribution in [1.29, 1.82) is 0 Å². The van der Waals surface area contributed by atoms with E-state index in [1.54, 1.807) is 0 Å². The van der Waals surface area contributed by atoms with Crippen molar-refractivity contribution in [3.63, 3.8) is 0 Å². The fourth-order valence-corrected chi connectivity index (χ4v) is 9.26. The van der Waals surface area contributed by atoms with Crippen LogP contribution in [0, 0.1) is 5.92 Å². The molecule has 0 spiro atoms. The van der Waals surface area contributed by atoms with Crippen LogP contribution >= 0.6 is 0 Å². The number of aromatic nitrogens is 1. The molecule has 0 aliphatic heterocycles. The van der Waals surface area contributed by atoms with Crippen LogP contribution < -0.4 is 4.90 Å². The van der Waals surface area contributed by atoms with E-state index in [0.717, 1.165) is 29.2 Å². The highest BCUT2D eigenvalue weighted by molar-refractivity contribution is 6.10. The third-order valence-corrected chi connectivity index (χ3v) is 12.4. The number of para-hydroxylation sites is 1.